The molecule has 1 fully saturated rings. The maximum atomic E-state index is 12.6. The number of hydrogen-bond acceptors (Lipinski definition) is 5. The first-order valence-corrected chi connectivity index (χ1v) is 11.1. The highest BCUT2D eigenvalue weighted by Crippen LogP contribution is 2.35. The van der Waals surface area contributed by atoms with E-state index in [1.165, 1.54) is 18.4 Å². The summed E-state index contributed by atoms with van der Waals surface area (Å²) in [6, 6.07) is 14.0. The second kappa shape index (κ2) is 9.60. The fourth-order valence-electron chi connectivity index (χ4n) is 3.41. The lowest BCUT2D eigenvalue weighted by Crippen LogP contribution is -2.54. The van der Waals surface area contributed by atoms with Crippen molar-refractivity contribution in [1.29, 1.82) is 0 Å². The molecule has 3 aromatic rings. The fraction of sp³-hybridized carbons (Fsp3) is 0.217. The van der Waals surface area contributed by atoms with Crippen LogP contribution in [0.2, 0.25) is 5.02 Å². The van der Waals surface area contributed by atoms with Crippen LogP contribution in [-0.2, 0) is 14.3 Å². The number of amides is 1. The van der Waals surface area contributed by atoms with Crippen LogP contribution < -0.4 is 5.32 Å². The van der Waals surface area contributed by atoms with E-state index in [0.717, 1.165) is 20.9 Å². The van der Waals surface area contributed by atoms with E-state index >= 15 is 0 Å². The molecule has 0 aliphatic carbocycles. The first-order valence-electron chi connectivity index (χ1n) is 9.91. The zero-order valence-electron chi connectivity index (χ0n) is 16.9. The number of aromatic amines is 1. The summed E-state index contributed by atoms with van der Waals surface area (Å²) in [4.78, 5) is 30.7. The summed E-state index contributed by atoms with van der Waals surface area (Å²) in [6.07, 6.45) is 4.53. The van der Waals surface area contributed by atoms with Crippen LogP contribution in [-0.4, -0.2) is 47.6 Å². The smallest absolute Gasteiger partial charge is 0.304 e. The van der Waals surface area contributed by atoms with Gasteiger partial charge in [-0.3, -0.25) is 9.59 Å². The molecule has 1 amide bonds. The fourth-order valence-corrected chi connectivity index (χ4v) is 4.58. The minimum absolute atomic E-state index is 0.207. The molecule has 2 N–H and O–H groups in total. The van der Waals surface area contributed by atoms with E-state index in [1.54, 1.807) is 22.7 Å². The Labute approximate surface area is 189 Å². The molecule has 0 radical (unpaired) electrons. The van der Waals surface area contributed by atoms with Crippen LogP contribution >= 0.6 is 23.4 Å². The topological polar surface area (TPSA) is 74.4 Å². The Bertz CT molecular complexity index is 1140. The Hall–Kier alpha value is -2.74. The van der Waals surface area contributed by atoms with Crippen molar-refractivity contribution >= 4 is 52.2 Å². The van der Waals surface area contributed by atoms with Gasteiger partial charge in [-0.1, -0.05) is 35.5 Å². The summed E-state index contributed by atoms with van der Waals surface area (Å²) in [5, 5.41) is 4.91. The molecule has 2 heterocycles. The van der Waals surface area contributed by atoms with Crippen LogP contribution in [0.5, 0.6) is 0 Å². The van der Waals surface area contributed by atoms with Gasteiger partial charge in [0.1, 0.15) is 0 Å². The van der Waals surface area contributed by atoms with Gasteiger partial charge in [0.05, 0.1) is 11.6 Å². The highest BCUT2D eigenvalue weighted by molar-refractivity contribution is 7.99. The molecule has 1 saturated heterocycles. The van der Waals surface area contributed by atoms with Crippen molar-refractivity contribution in [3.8, 4) is 0 Å². The Balaban J connectivity index is 1.44. The van der Waals surface area contributed by atoms with Crippen molar-refractivity contribution in [3.63, 3.8) is 0 Å². The van der Waals surface area contributed by atoms with Gasteiger partial charge in [-0.05, 0) is 47.4 Å². The predicted octanol–water partition coefficient (Wildman–Crippen LogP) is 4.31. The largest absolute Gasteiger partial charge is 0.440 e. The molecule has 1 unspecified atom stereocenters. The minimum Gasteiger partial charge on any atom is -0.440 e. The van der Waals surface area contributed by atoms with Crippen LogP contribution in [0.15, 0.2) is 64.5 Å². The molecule has 0 bridgehead atoms. The normalized spacial score (nSPS) is 16.7. The summed E-state index contributed by atoms with van der Waals surface area (Å²) in [6.45, 7) is 2.89. The summed E-state index contributed by atoms with van der Waals surface area (Å²) < 4.78 is 5.23. The number of hydrogen-bond donors (Lipinski definition) is 2. The number of nitrogens with zero attached hydrogens (tertiary/aromatic N) is 1. The SMILES string of the molecule is CC(=O)OC1CNCCN1C(=O)/C=C/c1ccc(Sc2ccc3cc[nH]c3c2)c(Cl)c1. The number of piperazine rings is 1. The second-order valence-corrected chi connectivity index (χ2v) is 8.67. The Morgan fingerprint density at radius 2 is 2.10 bits per heavy atom. The van der Waals surface area contributed by atoms with Gasteiger partial charge >= 0.3 is 5.97 Å². The van der Waals surface area contributed by atoms with Gasteiger partial charge in [0.2, 0.25) is 5.91 Å². The van der Waals surface area contributed by atoms with E-state index in [2.05, 4.69) is 28.5 Å². The lowest BCUT2D eigenvalue weighted by Gasteiger charge is -2.34. The number of fused-ring (bicyclic) bond motifs is 1. The van der Waals surface area contributed by atoms with E-state index in [-0.39, 0.29) is 5.91 Å². The van der Waals surface area contributed by atoms with E-state index in [1.807, 2.05) is 30.5 Å². The molecule has 1 aliphatic heterocycles. The number of nitrogens with one attached hydrogen (secondary N) is 2. The summed E-state index contributed by atoms with van der Waals surface area (Å²) in [5.41, 5.74) is 1.90. The van der Waals surface area contributed by atoms with Crippen molar-refractivity contribution in [2.45, 2.75) is 22.9 Å². The van der Waals surface area contributed by atoms with Crippen molar-refractivity contribution in [2.24, 2.45) is 0 Å². The maximum absolute atomic E-state index is 12.6. The lowest BCUT2D eigenvalue weighted by molar-refractivity contribution is -0.162. The first kappa shape index (κ1) is 21.5. The van der Waals surface area contributed by atoms with Crippen LogP contribution in [0.4, 0.5) is 0 Å². The molecule has 1 aliphatic rings. The third kappa shape index (κ3) is 5.31. The van der Waals surface area contributed by atoms with Crippen LogP contribution in [0.25, 0.3) is 17.0 Å². The molecule has 8 heteroatoms. The molecule has 6 nitrogen and oxygen atoms in total. The lowest BCUT2D eigenvalue weighted by atomic mass is 10.2. The number of benzene rings is 2. The predicted molar refractivity (Wildman–Crippen MR) is 123 cm³/mol. The number of ether oxygens (including phenoxy) is 1. The van der Waals surface area contributed by atoms with Crippen molar-refractivity contribution in [1.82, 2.24) is 15.2 Å². The van der Waals surface area contributed by atoms with E-state index in [9.17, 15) is 9.59 Å². The number of carbonyl (C=O) groups excluding carboxylic acids is 2. The highest BCUT2D eigenvalue weighted by Gasteiger charge is 2.27. The maximum Gasteiger partial charge on any atom is 0.304 e. The molecular weight excluding hydrogens is 434 g/mol. The first-order chi connectivity index (χ1) is 15.0. The third-order valence-corrected chi connectivity index (χ3v) is 6.40. The molecule has 4 rings (SSSR count). The van der Waals surface area contributed by atoms with Gasteiger partial charge in [-0.2, -0.15) is 0 Å². The summed E-state index contributed by atoms with van der Waals surface area (Å²) >= 11 is 8.08. The van der Waals surface area contributed by atoms with E-state index in [4.69, 9.17) is 16.3 Å². The summed E-state index contributed by atoms with van der Waals surface area (Å²) in [7, 11) is 0. The van der Waals surface area contributed by atoms with Gasteiger partial charge in [0, 0.05) is 47.6 Å². The number of rotatable bonds is 5. The average Bonchev–Trinajstić information content (AvgIpc) is 3.21. The average molecular weight is 456 g/mol. The van der Waals surface area contributed by atoms with Gasteiger partial charge in [0.25, 0.3) is 0 Å². The van der Waals surface area contributed by atoms with Crippen LogP contribution in [0.1, 0.15) is 12.5 Å². The number of esters is 1. The number of aromatic nitrogens is 1. The van der Waals surface area contributed by atoms with Crippen molar-refractivity contribution < 1.29 is 14.3 Å². The zero-order chi connectivity index (χ0) is 21.8. The Morgan fingerprint density at radius 1 is 1.23 bits per heavy atom. The molecule has 0 saturated carbocycles. The van der Waals surface area contributed by atoms with Crippen LogP contribution in [0.3, 0.4) is 0 Å². The van der Waals surface area contributed by atoms with E-state index < -0.39 is 12.2 Å². The highest BCUT2D eigenvalue weighted by atomic mass is 35.5. The van der Waals surface area contributed by atoms with E-state index in [0.29, 0.717) is 24.7 Å². The van der Waals surface area contributed by atoms with Gasteiger partial charge in [-0.15, -0.1) is 0 Å². The number of carbonyl (C=O) groups is 2. The quantitative estimate of drug-likeness (QED) is 0.443. The molecular formula is C23H22ClN3O3S. The molecule has 160 valence electrons. The van der Waals surface area contributed by atoms with Crippen molar-refractivity contribution in [2.75, 3.05) is 19.6 Å². The molecule has 2 aromatic carbocycles. The Kier molecular flexibility index (Phi) is 6.65. The third-order valence-electron chi connectivity index (χ3n) is 4.91. The van der Waals surface area contributed by atoms with Gasteiger partial charge in [-0.25, -0.2) is 0 Å². The molecule has 1 aromatic heterocycles. The van der Waals surface area contributed by atoms with Gasteiger partial charge < -0.3 is 19.9 Å². The zero-order valence-corrected chi connectivity index (χ0v) is 18.5. The molecule has 1 atom stereocenters. The summed E-state index contributed by atoms with van der Waals surface area (Å²) in [5.74, 6) is -0.618. The number of H-pyrrole nitrogens is 1. The van der Waals surface area contributed by atoms with Crippen LogP contribution in [0, 0.1) is 0 Å². The molecule has 31 heavy (non-hydrogen) atoms. The van der Waals surface area contributed by atoms with Gasteiger partial charge in [0.15, 0.2) is 6.23 Å². The number of halogens is 1. The monoisotopic (exact) mass is 455 g/mol. The molecule has 0 spiro atoms. The standard InChI is InChI=1S/C23H22ClN3O3S/c1-15(28)30-23-14-25-10-11-27(23)22(29)7-3-16-2-6-21(19(24)12-16)31-18-5-4-17-8-9-26-20(17)13-18/h2-9,12-13,23,25-26H,10-11,14H2,1H3/b7-3+. The second-order valence-electron chi connectivity index (χ2n) is 7.15. The minimum atomic E-state index is -0.595. The Morgan fingerprint density at radius 3 is 2.90 bits per heavy atom. The van der Waals surface area contributed by atoms with Crippen molar-refractivity contribution in [3.05, 3.63) is 65.3 Å².